The fourth-order valence-corrected chi connectivity index (χ4v) is 8.75. The lowest BCUT2D eigenvalue weighted by molar-refractivity contribution is -0.208. The summed E-state index contributed by atoms with van der Waals surface area (Å²) in [6.07, 6.45) is 1.57. The number of hydrogen-bond donors (Lipinski definition) is 0. The summed E-state index contributed by atoms with van der Waals surface area (Å²) in [4.78, 5) is 16.9. The smallest absolute Gasteiger partial charge is 0.314 e. The Morgan fingerprint density at radius 1 is 0.800 bits per heavy atom. The molecule has 1 aromatic heterocycles. The van der Waals surface area contributed by atoms with Crippen molar-refractivity contribution in [2.75, 3.05) is 13.2 Å². The van der Waals surface area contributed by atoms with Gasteiger partial charge in [0, 0.05) is 41.6 Å². The number of aromatic nitrogens is 1. The largest absolute Gasteiger partial charge is 0.459 e. The third-order valence-corrected chi connectivity index (χ3v) is 10.8. The Morgan fingerprint density at radius 2 is 1.42 bits per heavy atom. The maximum absolute atomic E-state index is 14.3. The molecule has 0 N–H and O–H groups in total. The normalized spacial score (nSPS) is 25.6. The topological polar surface area (TPSA) is 43.7 Å². The molecule has 0 amide bonds. The van der Waals surface area contributed by atoms with Crippen LogP contribution in [0.25, 0.3) is 10.9 Å². The molecule has 2 saturated heterocycles. The average molecular weight is 597 g/mol. The molecule has 3 aliphatic rings. The highest BCUT2D eigenvalue weighted by Gasteiger charge is 2.63. The number of ether oxygens (including phenoxy) is 2. The standard InChI is InChI=1S/C40H40N2O3/c1-2-40-27-41(23-28-14-6-3-7-15-28)34-22-32(40)37(39(43)45-35(40)26-44-25-30-18-10-5-11-19-30)36-31-20-12-13-21-33(31)42(38(34)36)24-29-16-8-4-9-17-29/h3-21,32,34-35,37H,2,22-27H2,1H3/t32-,34+,35?,37-,40-/m1/s1. The number of nitrogens with zero attached hydrogens (tertiary/aromatic N) is 2. The Labute approximate surface area is 265 Å². The van der Waals surface area contributed by atoms with Crippen LogP contribution < -0.4 is 0 Å². The molecule has 2 fully saturated rings. The molecule has 2 bridgehead atoms. The molecule has 45 heavy (non-hydrogen) atoms. The number of para-hydroxylation sites is 1. The van der Waals surface area contributed by atoms with Gasteiger partial charge in [-0.2, -0.15) is 0 Å². The van der Waals surface area contributed by atoms with E-state index in [0.29, 0.717) is 13.2 Å². The van der Waals surface area contributed by atoms with Gasteiger partial charge in [-0.25, -0.2) is 0 Å². The van der Waals surface area contributed by atoms with Crippen LogP contribution in [0.1, 0.15) is 59.7 Å². The predicted octanol–water partition coefficient (Wildman–Crippen LogP) is 7.89. The van der Waals surface area contributed by atoms with Crippen molar-refractivity contribution < 1.29 is 14.3 Å². The maximum Gasteiger partial charge on any atom is 0.314 e. The number of benzene rings is 4. The molecule has 228 valence electrons. The van der Waals surface area contributed by atoms with E-state index in [1.165, 1.54) is 33.3 Å². The van der Waals surface area contributed by atoms with Crippen LogP contribution in [0.3, 0.4) is 0 Å². The van der Waals surface area contributed by atoms with Crippen LogP contribution in [0.5, 0.6) is 0 Å². The van der Waals surface area contributed by atoms with Gasteiger partial charge in [0.1, 0.15) is 6.10 Å². The number of rotatable bonds is 9. The van der Waals surface area contributed by atoms with Gasteiger partial charge < -0.3 is 14.0 Å². The Hall–Kier alpha value is -4.19. The first kappa shape index (κ1) is 28.3. The van der Waals surface area contributed by atoms with Crippen molar-refractivity contribution in [3.63, 3.8) is 0 Å². The van der Waals surface area contributed by atoms with Crippen LogP contribution in [-0.4, -0.2) is 34.7 Å². The molecule has 3 heterocycles. The first-order chi connectivity index (χ1) is 22.2. The number of carbonyl (C=O) groups is 1. The molecular weight excluding hydrogens is 556 g/mol. The minimum Gasteiger partial charge on any atom is -0.459 e. The number of piperidine rings is 1. The third kappa shape index (κ3) is 4.81. The van der Waals surface area contributed by atoms with E-state index in [9.17, 15) is 4.79 Å². The third-order valence-electron chi connectivity index (χ3n) is 10.8. The highest BCUT2D eigenvalue weighted by atomic mass is 16.6. The number of likely N-dealkylation sites (tertiary alicyclic amines) is 1. The molecule has 0 spiro atoms. The number of esters is 1. The molecule has 5 heteroatoms. The number of fused-ring (bicyclic) bond motifs is 6. The summed E-state index contributed by atoms with van der Waals surface area (Å²) in [6.45, 7) is 5.69. The van der Waals surface area contributed by atoms with Gasteiger partial charge in [-0.3, -0.25) is 9.69 Å². The van der Waals surface area contributed by atoms with Gasteiger partial charge in [0.05, 0.1) is 25.2 Å². The van der Waals surface area contributed by atoms with E-state index in [1.807, 2.05) is 18.2 Å². The van der Waals surface area contributed by atoms with Gasteiger partial charge in [0.25, 0.3) is 0 Å². The Balaban J connectivity index is 1.25. The van der Waals surface area contributed by atoms with E-state index in [2.05, 4.69) is 113 Å². The quantitative estimate of drug-likeness (QED) is 0.162. The molecule has 5 atom stereocenters. The first-order valence-electron chi connectivity index (χ1n) is 16.4. The Morgan fingerprint density at radius 3 is 2.11 bits per heavy atom. The van der Waals surface area contributed by atoms with Crippen LogP contribution in [0.2, 0.25) is 0 Å². The zero-order chi connectivity index (χ0) is 30.4. The highest BCUT2D eigenvalue weighted by molar-refractivity contribution is 5.93. The molecule has 1 aliphatic carbocycles. The van der Waals surface area contributed by atoms with Crippen molar-refractivity contribution in [3.05, 3.63) is 143 Å². The van der Waals surface area contributed by atoms with E-state index in [-0.39, 0.29) is 35.4 Å². The molecule has 0 radical (unpaired) electrons. The fraction of sp³-hybridized carbons (Fsp3) is 0.325. The van der Waals surface area contributed by atoms with Gasteiger partial charge in [-0.15, -0.1) is 0 Å². The molecule has 4 aromatic carbocycles. The minimum absolute atomic E-state index is 0.0868. The summed E-state index contributed by atoms with van der Waals surface area (Å²) in [7, 11) is 0. The summed E-state index contributed by atoms with van der Waals surface area (Å²) in [6, 6.07) is 40.7. The summed E-state index contributed by atoms with van der Waals surface area (Å²) in [5.41, 5.74) is 7.16. The van der Waals surface area contributed by atoms with Crippen molar-refractivity contribution in [3.8, 4) is 0 Å². The molecule has 5 nitrogen and oxygen atoms in total. The van der Waals surface area contributed by atoms with Crippen LogP contribution in [0, 0.1) is 11.3 Å². The van der Waals surface area contributed by atoms with E-state index < -0.39 is 0 Å². The van der Waals surface area contributed by atoms with E-state index in [4.69, 9.17) is 9.47 Å². The number of cyclic esters (lactones) is 1. The Kier molecular flexibility index (Phi) is 7.31. The van der Waals surface area contributed by atoms with Gasteiger partial charge in [-0.1, -0.05) is 116 Å². The van der Waals surface area contributed by atoms with E-state index >= 15 is 0 Å². The Bertz CT molecular complexity index is 1800. The second-order valence-electron chi connectivity index (χ2n) is 13.1. The molecular formula is C40H40N2O3. The van der Waals surface area contributed by atoms with E-state index in [1.54, 1.807) is 0 Å². The summed E-state index contributed by atoms with van der Waals surface area (Å²) >= 11 is 0. The summed E-state index contributed by atoms with van der Waals surface area (Å²) in [5, 5.41) is 1.19. The van der Waals surface area contributed by atoms with Crippen molar-refractivity contribution in [2.24, 2.45) is 11.3 Å². The van der Waals surface area contributed by atoms with Crippen molar-refractivity contribution in [1.82, 2.24) is 9.47 Å². The maximum atomic E-state index is 14.3. The van der Waals surface area contributed by atoms with Crippen molar-refractivity contribution in [2.45, 2.75) is 57.5 Å². The fourth-order valence-electron chi connectivity index (χ4n) is 8.75. The first-order valence-corrected chi connectivity index (χ1v) is 16.4. The van der Waals surface area contributed by atoms with Gasteiger partial charge in [0.2, 0.25) is 0 Å². The van der Waals surface area contributed by atoms with Crippen molar-refractivity contribution >= 4 is 16.9 Å². The molecule has 5 aromatic rings. The zero-order valence-electron chi connectivity index (χ0n) is 25.8. The zero-order valence-corrected chi connectivity index (χ0v) is 25.8. The number of hydrogen-bond acceptors (Lipinski definition) is 4. The summed E-state index contributed by atoms with van der Waals surface area (Å²) in [5.74, 6) is -0.173. The SMILES string of the molecule is CC[C@@]12CN(Cc3ccccc3)[C@H]3C[C@@H]1[C@@H](C(=O)OC2COCc1ccccc1)c1c3n(Cc2ccccc2)c2ccccc12. The lowest BCUT2D eigenvalue weighted by Gasteiger charge is -2.60. The summed E-state index contributed by atoms with van der Waals surface area (Å²) < 4.78 is 15.4. The average Bonchev–Trinajstić information content (AvgIpc) is 3.40. The molecule has 1 unspecified atom stereocenters. The second kappa shape index (κ2) is 11.6. The molecule has 0 saturated carbocycles. The van der Waals surface area contributed by atoms with Crippen LogP contribution >= 0.6 is 0 Å². The second-order valence-corrected chi connectivity index (χ2v) is 13.1. The van der Waals surface area contributed by atoms with Crippen LogP contribution in [0.15, 0.2) is 115 Å². The van der Waals surface area contributed by atoms with Gasteiger partial charge >= 0.3 is 5.97 Å². The van der Waals surface area contributed by atoms with Crippen LogP contribution in [0.4, 0.5) is 0 Å². The number of carbonyl (C=O) groups excluding carboxylic acids is 1. The van der Waals surface area contributed by atoms with Gasteiger partial charge in [-0.05, 0) is 47.1 Å². The molecule has 2 aliphatic heterocycles. The predicted molar refractivity (Wildman–Crippen MR) is 177 cm³/mol. The van der Waals surface area contributed by atoms with E-state index in [0.717, 1.165) is 38.0 Å². The lowest BCUT2D eigenvalue weighted by Crippen LogP contribution is -2.64. The minimum atomic E-state index is -0.293. The molecule has 8 rings (SSSR count). The highest BCUT2D eigenvalue weighted by Crippen LogP contribution is 2.62. The van der Waals surface area contributed by atoms with Gasteiger partial charge in [0.15, 0.2) is 0 Å². The lowest BCUT2D eigenvalue weighted by atomic mass is 9.54. The van der Waals surface area contributed by atoms with Crippen LogP contribution in [-0.2, 0) is 34.0 Å². The van der Waals surface area contributed by atoms with Crippen molar-refractivity contribution in [1.29, 1.82) is 0 Å². The monoisotopic (exact) mass is 596 g/mol.